The van der Waals surface area contributed by atoms with Gasteiger partial charge in [-0.15, -0.1) is 11.3 Å². The topological polar surface area (TPSA) is 35.8 Å². The fourth-order valence-corrected chi connectivity index (χ4v) is 3.40. The fourth-order valence-electron chi connectivity index (χ4n) is 1.96. The van der Waals surface area contributed by atoms with Crippen molar-refractivity contribution < 1.29 is 0 Å². The summed E-state index contributed by atoms with van der Waals surface area (Å²) < 4.78 is 1.15. The molecule has 0 amide bonds. The summed E-state index contributed by atoms with van der Waals surface area (Å²) in [6, 6.07) is 14.6. The molecule has 2 nitrogen and oxygen atoms in total. The van der Waals surface area contributed by atoms with E-state index in [1.54, 1.807) is 11.3 Å². The largest absolute Gasteiger partial charge is 0.303 e. The lowest BCUT2D eigenvalue weighted by molar-refractivity contribution is 0.500. The van der Waals surface area contributed by atoms with Gasteiger partial charge in [0.2, 0.25) is 0 Å². The summed E-state index contributed by atoms with van der Waals surface area (Å²) in [7, 11) is 0. The highest BCUT2D eigenvalue weighted by Gasteiger charge is 2.12. The fraction of sp³-hybridized carbons (Fsp3) is 0.267. The first kappa shape index (κ1) is 14.3. The van der Waals surface area contributed by atoms with Gasteiger partial charge in [-0.05, 0) is 59.6 Å². The van der Waals surface area contributed by atoms with E-state index in [1.165, 1.54) is 10.4 Å². The highest BCUT2D eigenvalue weighted by Crippen LogP contribution is 2.28. The number of nitrogens with zero attached hydrogens (tertiary/aromatic N) is 1. The molecule has 0 fully saturated rings. The van der Waals surface area contributed by atoms with Crippen molar-refractivity contribution in [2.75, 3.05) is 0 Å². The third-order valence-electron chi connectivity index (χ3n) is 3.06. The average molecular weight is 335 g/mol. The molecule has 1 heterocycles. The van der Waals surface area contributed by atoms with Crippen LogP contribution in [0.1, 0.15) is 41.9 Å². The maximum atomic E-state index is 8.79. The van der Waals surface area contributed by atoms with Gasteiger partial charge in [-0.3, -0.25) is 0 Å². The minimum Gasteiger partial charge on any atom is -0.303 e. The van der Waals surface area contributed by atoms with Gasteiger partial charge in [-0.1, -0.05) is 12.1 Å². The van der Waals surface area contributed by atoms with Crippen LogP contribution in [0.2, 0.25) is 0 Å². The molecule has 2 aromatic rings. The van der Waals surface area contributed by atoms with Crippen LogP contribution < -0.4 is 5.32 Å². The van der Waals surface area contributed by atoms with E-state index < -0.39 is 0 Å². The zero-order valence-electron chi connectivity index (χ0n) is 10.9. The van der Waals surface area contributed by atoms with Crippen molar-refractivity contribution in [2.45, 2.75) is 25.9 Å². The standard InChI is InChI=1S/C15H15BrN2S/c1-10(13-5-3-12(9-17)4-6-13)18-11(2)14-7-8-15(16)19-14/h3-8,10-11,18H,1-2H3. The van der Waals surface area contributed by atoms with Crippen molar-refractivity contribution in [2.24, 2.45) is 0 Å². The van der Waals surface area contributed by atoms with E-state index in [9.17, 15) is 0 Å². The second-order valence-electron chi connectivity index (χ2n) is 4.49. The van der Waals surface area contributed by atoms with E-state index >= 15 is 0 Å². The molecule has 4 heteroatoms. The van der Waals surface area contributed by atoms with E-state index in [0.717, 1.165) is 3.79 Å². The summed E-state index contributed by atoms with van der Waals surface area (Å²) in [6.45, 7) is 4.30. The number of hydrogen-bond donors (Lipinski definition) is 1. The monoisotopic (exact) mass is 334 g/mol. The van der Waals surface area contributed by atoms with Crippen molar-refractivity contribution in [3.05, 3.63) is 56.2 Å². The van der Waals surface area contributed by atoms with Crippen LogP contribution in [-0.2, 0) is 0 Å². The molecule has 19 heavy (non-hydrogen) atoms. The predicted molar refractivity (Wildman–Crippen MR) is 83.1 cm³/mol. The molecule has 0 bridgehead atoms. The van der Waals surface area contributed by atoms with Crippen molar-refractivity contribution in [3.8, 4) is 6.07 Å². The SMILES string of the molecule is CC(NC(C)c1ccc(Br)s1)c1ccc(C#N)cc1. The number of halogens is 1. The summed E-state index contributed by atoms with van der Waals surface area (Å²) in [5.74, 6) is 0. The maximum absolute atomic E-state index is 8.79. The van der Waals surface area contributed by atoms with Crippen molar-refractivity contribution >= 4 is 27.3 Å². The Morgan fingerprint density at radius 1 is 1.11 bits per heavy atom. The van der Waals surface area contributed by atoms with Gasteiger partial charge in [0.1, 0.15) is 0 Å². The number of nitrogens with one attached hydrogen (secondary N) is 1. The van der Waals surface area contributed by atoms with E-state index in [1.807, 2.05) is 24.3 Å². The lowest BCUT2D eigenvalue weighted by atomic mass is 10.1. The number of hydrogen-bond acceptors (Lipinski definition) is 3. The van der Waals surface area contributed by atoms with Crippen LogP contribution in [0.5, 0.6) is 0 Å². The molecule has 0 aliphatic heterocycles. The van der Waals surface area contributed by atoms with E-state index in [0.29, 0.717) is 11.6 Å². The van der Waals surface area contributed by atoms with Crippen LogP contribution in [-0.4, -0.2) is 0 Å². The van der Waals surface area contributed by atoms with Crippen LogP contribution in [0.15, 0.2) is 40.2 Å². The minimum absolute atomic E-state index is 0.253. The first-order valence-electron chi connectivity index (χ1n) is 6.11. The van der Waals surface area contributed by atoms with E-state index in [-0.39, 0.29) is 6.04 Å². The van der Waals surface area contributed by atoms with Gasteiger partial charge in [0.15, 0.2) is 0 Å². The predicted octanol–water partition coefficient (Wildman–Crippen LogP) is 4.79. The first-order chi connectivity index (χ1) is 9.10. The Morgan fingerprint density at radius 3 is 2.32 bits per heavy atom. The van der Waals surface area contributed by atoms with Gasteiger partial charge < -0.3 is 5.32 Å². The van der Waals surface area contributed by atoms with E-state index in [2.05, 4.69) is 53.3 Å². The quantitative estimate of drug-likeness (QED) is 0.872. The molecule has 1 aromatic heterocycles. The average Bonchev–Trinajstić information content (AvgIpc) is 2.85. The number of nitriles is 1. The zero-order chi connectivity index (χ0) is 13.8. The summed E-state index contributed by atoms with van der Waals surface area (Å²) in [5.41, 5.74) is 1.90. The molecule has 2 atom stereocenters. The molecule has 0 aliphatic rings. The second-order valence-corrected chi connectivity index (χ2v) is 6.98. The van der Waals surface area contributed by atoms with Crippen molar-refractivity contribution in [1.82, 2.24) is 5.32 Å². The summed E-state index contributed by atoms with van der Waals surface area (Å²) in [6.07, 6.45) is 0. The van der Waals surface area contributed by atoms with Crippen LogP contribution in [0.4, 0.5) is 0 Å². The van der Waals surface area contributed by atoms with E-state index in [4.69, 9.17) is 5.26 Å². The molecule has 0 aliphatic carbocycles. The molecule has 2 rings (SSSR count). The molecule has 1 N–H and O–H groups in total. The van der Waals surface area contributed by atoms with Gasteiger partial charge in [0.25, 0.3) is 0 Å². The smallest absolute Gasteiger partial charge is 0.0991 e. The normalized spacial score (nSPS) is 13.8. The molecule has 0 saturated carbocycles. The van der Waals surface area contributed by atoms with Crippen LogP contribution >= 0.6 is 27.3 Å². The molecule has 2 unspecified atom stereocenters. The lowest BCUT2D eigenvalue weighted by Gasteiger charge is -2.19. The zero-order valence-corrected chi connectivity index (χ0v) is 13.3. The Morgan fingerprint density at radius 2 is 1.79 bits per heavy atom. The molecule has 0 radical (unpaired) electrons. The Balaban J connectivity index is 2.04. The Bertz CT molecular complexity index is 583. The van der Waals surface area contributed by atoms with Crippen LogP contribution in [0, 0.1) is 11.3 Å². The summed E-state index contributed by atoms with van der Waals surface area (Å²) in [4.78, 5) is 1.31. The lowest BCUT2D eigenvalue weighted by Crippen LogP contribution is -2.21. The molecular formula is C15H15BrN2S. The number of rotatable bonds is 4. The Kier molecular flexibility index (Phi) is 4.76. The van der Waals surface area contributed by atoms with Gasteiger partial charge in [0, 0.05) is 17.0 Å². The van der Waals surface area contributed by atoms with Gasteiger partial charge in [-0.2, -0.15) is 5.26 Å². The molecule has 0 spiro atoms. The molecule has 0 saturated heterocycles. The minimum atomic E-state index is 0.253. The van der Waals surface area contributed by atoms with Crippen LogP contribution in [0.3, 0.4) is 0 Å². The van der Waals surface area contributed by atoms with Crippen LogP contribution in [0.25, 0.3) is 0 Å². The third kappa shape index (κ3) is 3.66. The highest BCUT2D eigenvalue weighted by atomic mass is 79.9. The first-order valence-corrected chi connectivity index (χ1v) is 7.72. The Labute approximate surface area is 126 Å². The number of benzene rings is 1. The third-order valence-corrected chi connectivity index (χ3v) is 4.87. The Hall–Kier alpha value is -1.15. The van der Waals surface area contributed by atoms with Gasteiger partial charge >= 0.3 is 0 Å². The van der Waals surface area contributed by atoms with Gasteiger partial charge in [0.05, 0.1) is 15.4 Å². The number of thiophene rings is 1. The van der Waals surface area contributed by atoms with Crippen molar-refractivity contribution in [1.29, 1.82) is 5.26 Å². The molecule has 98 valence electrons. The highest BCUT2D eigenvalue weighted by molar-refractivity contribution is 9.11. The van der Waals surface area contributed by atoms with Crippen molar-refractivity contribution in [3.63, 3.8) is 0 Å². The second kappa shape index (κ2) is 6.33. The van der Waals surface area contributed by atoms with Gasteiger partial charge in [-0.25, -0.2) is 0 Å². The molecular weight excluding hydrogens is 320 g/mol. The summed E-state index contributed by atoms with van der Waals surface area (Å²) >= 11 is 5.24. The molecule has 1 aromatic carbocycles. The maximum Gasteiger partial charge on any atom is 0.0991 e. The summed E-state index contributed by atoms with van der Waals surface area (Å²) in [5, 5.41) is 12.4.